The highest BCUT2D eigenvalue weighted by molar-refractivity contribution is 14.1. The summed E-state index contributed by atoms with van der Waals surface area (Å²) < 4.78 is 14.3. The molecule has 5 rings (SSSR count). The molecule has 0 saturated heterocycles. The molecule has 1 saturated carbocycles. The molecule has 0 spiro atoms. The molecule has 10 nitrogen and oxygen atoms in total. The number of pyridine rings is 1. The largest absolute Gasteiger partial charge is 0.444 e. The van der Waals surface area contributed by atoms with Crippen LogP contribution in [0.3, 0.4) is 0 Å². The van der Waals surface area contributed by atoms with Gasteiger partial charge in [0.1, 0.15) is 11.2 Å². The van der Waals surface area contributed by atoms with E-state index in [0.29, 0.717) is 24.7 Å². The normalized spacial score (nSPS) is 15.6. The summed E-state index contributed by atoms with van der Waals surface area (Å²) in [6.07, 6.45) is 8.13. The van der Waals surface area contributed by atoms with E-state index in [-0.39, 0.29) is 12.6 Å². The van der Waals surface area contributed by atoms with Gasteiger partial charge in [-0.05, 0) is 107 Å². The third-order valence-corrected chi connectivity index (χ3v) is 7.81. The van der Waals surface area contributed by atoms with E-state index < -0.39 is 17.3 Å². The molecule has 1 aliphatic carbocycles. The average molecular weight is 701 g/mol. The Labute approximate surface area is 266 Å². The molecule has 0 bridgehead atoms. The van der Waals surface area contributed by atoms with Crippen molar-refractivity contribution >= 4 is 51.4 Å². The van der Waals surface area contributed by atoms with Crippen LogP contribution in [0.2, 0.25) is 0 Å². The van der Waals surface area contributed by atoms with Crippen molar-refractivity contribution in [3.8, 4) is 0 Å². The SMILES string of the molecule is CC(C)(C)OC(=O)N(Cc1cc2ccc(CN3C=C(c4cncc(I)c4)NN3)cc2n1C(=O)OC(C)(C)C)CC1CCC1. The Bertz CT molecular complexity index is 1530. The van der Waals surface area contributed by atoms with Gasteiger partial charge in [-0.1, -0.05) is 18.6 Å². The van der Waals surface area contributed by atoms with E-state index in [4.69, 9.17) is 9.47 Å². The van der Waals surface area contributed by atoms with Crippen LogP contribution in [0, 0.1) is 9.49 Å². The van der Waals surface area contributed by atoms with E-state index in [0.717, 1.165) is 44.1 Å². The number of aromatic nitrogens is 2. The minimum atomic E-state index is -0.685. The molecular formula is C32H41IN6O4. The van der Waals surface area contributed by atoms with Gasteiger partial charge in [-0.15, -0.1) is 5.53 Å². The zero-order chi connectivity index (χ0) is 30.9. The van der Waals surface area contributed by atoms with Crippen molar-refractivity contribution in [2.24, 2.45) is 5.92 Å². The molecule has 0 radical (unpaired) electrons. The lowest BCUT2D eigenvalue weighted by molar-refractivity contribution is 0.0163. The molecule has 2 N–H and O–H groups in total. The second kappa shape index (κ2) is 12.4. The molecule has 0 unspecified atom stereocenters. The summed E-state index contributed by atoms with van der Waals surface area (Å²) in [5.74, 6) is 0.438. The first-order chi connectivity index (χ1) is 20.2. The summed E-state index contributed by atoms with van der Waals surface area (Å²) in [6.45, 7) is 12.5. The van der Waals surface area contributed by atoms with Crippen LogP contribution < -0.4 is 11.0 Å². The minimum absolute atomic E-state index is 0.238. The molecule has 1 aliphatic heterocycles. The fraction of sp³-hybridized carbons (Fsp3) is 0.469. The Hall–Kier alpha value is -3.32. The summed E-state index contributed by atoms with van der Waals surface area (Å²) in [4.78, 5) is 33.0. The topological polar surface area (TPSA) is 101 Å². The Morgan fingerprint density at radius 2 is 1.79 bits per heavy atom. The predicted molar refractivity (Wildman–Crippen MR) is 174 cm³/mol. The van der Waals surface area contributed by atoms with E-state index >= 15 is 0 Å². The zero-order valence-electron chi connectivity index (χ0n) is 25.7. The first kappa shape index (κ1) is 31.1. The van der Waals surface area contributed by atoms with E-state index in [1.54, 1.807) is 9.47 Å². The van der Waals surface area contributed by atoms with Crippen LogP contribution in [-0.4, -0.2) is 49.4 Å². The lowest BCUT2D eigenvalue weighted by Gasteiger charge is -2.33. The Morgan fingerprint density at radius 3 is 2.44 bits per heavy atom. The van der Waals surface area contributed by atoms with Gasteiger partial charge in [-0.2, -0.15) is 0 Å². The van der Waals surface area contributed by atoms with Gasteiger partial charge in [0.2, 0.25) is 0 Å². The number of hydrazine groups is 2. The lowest BCUT2D eigenvalue weighted by Crippen LogP contribution is -2.41. The van der Waals surface area contributed by atoms with Crippen LogP contribution in [-0.2, 0) is 22.6 Å². The maximum absolute atomic E-state index is 13.7. The molecule has 1 fully saturated rings. The van der Waals surface area contributed by atoms with Crippen molar-refractivity contribution in [3.63, 3.8) is 0 Å². The van der Waals surface area contributed by atoms with Crippen molar-refractivity contribution in [3.05, 3.63) is 69.3 Å². The number of carbonyl (C=O) groups excluding carboxylic acids is 2. The highest BCUT2D eigenvalue weighted by Gasteiger charge is 2.30. The molecule has 43 heavy (non-hydrogen) atoms. The fourth-order valence-electron chi connectivity index (χ4n) is 5.09. The van der Waals surface area contributed by atoms with E-state index in [2.05, 4.69) is 44.6 Å². The summed E-state index contributed by atoms with van der Waals surface area (Å²) in [5, 5.41) is 2.84. The summed E-state index contributed by atoms with van der Waals surface area (Å²) in [7, 11) is 0. The number of rotatable bonds is 7. The zero-order valence-corrected chi connectivity index (χ0v) is 27.9. The quantitative estimate of drug-likeness (QED) is 0.260. The second-order valence-electron chi connectivity index (χ2n) is 13.3. The number of amides is 1. The lowest BCUT2D eigenvalue weighted by atomic mass is 9.85. The highest BCUT2D eigenvalue weighted by atomic mass is 127. The molecule has 1 aromatic carbocycles. The minimum Gasteiger partial charge on any atom is -0.444 e. The molecule has 3 aromatic rings. The number of halogens is 1. The Balaban J connectivity index is 1.45. The van der Waals surface area contributed by atoms with Crippen molar-refractivity contribution < 1.29 is 19.1 Å². The Kier molecular flexibility index (Phi) is 8.94. The molecule has 0 atom stereocenters. The average Bonchev–Trinajstić information content (AvgIpc) is 3.47. The van der Waals surface area contributed by atoms with E-state index in [1.165, 1.54) is 6.42 Å². The van der Waals surface area contributed by atoms with Crippen LogP contribution in [0.4, 0.5) is 9.59 Å². The van der Waals surface area contributed by atoms with Crippen LogP contribution >= 0.6 is 22.6 Å². The molecular weight excluding hydrogens is 659 g/mol. The van der Waals surface area contributed by atoms with Crippen LogP contribution in [0.15, 0.2) is 48.9 Å². The molecule has 2 aliphatic rings. The smallest absolute Gasteiger partial charge is 0.419 e. The number of hydrogen-bond acceptors (Lipinski definition) is 8. The Morgan fingerprint density at radius 1 is 1.05 bits per heavy atom. The van der Waals surface area contributed by atoms with Crippen molar-refractivity contribution in [2.75, 3.05) is 6.54 Å². The highest BCUT2D eigenvalue weighted by Crippen LogP contribution is 2.30. The fourth-order valence-corrected chi connectivity index (χ4v) is 5.59. The van der Waals surface area contributed by atoms with Crippen LogP contribution in [0.1, 0.15) is 77.6 Å². The van der Waals surface area contributed by atoms with Crippen molar-refractivity contribution in [1.82, 2.24) is 30.4 Å². The summed E-state index contributed by atoms with van der Waals surface area (Å²) >= 11 is 2.25. The number of hydrogen-bond donors (Lipinski definition) is 2. The van der Waals surface area contributed by atoms with Gasteiger partial charge in [0.05, 0.1) is 24.3 Å². The third-order valence-electron chi connectivity index (χ3n) is 7.22. The number of nitrogens with one attached hydrogen (secondary N) is 2. The van der Waals surface area contributed by atoms with Gasteiger partial charge < -0.3 is 19.8 Å². The van der Waals surface area contributed by atoms with Crippen molar-refractivity contribution in [1.29, 1.82) is 0 Å². The van der Waals surface area contributed by atoms with Crippen LogP contribution in [0.25, 0.3) is 16.6 Å². The molecule has 11 heteroatoms. The van der Waals surface area contributed by atoms with Gasteiger partial charge >= 0.3 is 12.2 Å². The monoisotopic (exact) mass is 700 g/mol. The number of ether oxygens (including phenoxy) is 2. The van der Waals surface area contributed by atoms with Crippen LogP contribution in [0.5, 0.6) is 0 Å². The number of carbonyl (C=O) groups is 2. The first-order valence-corrected chi connectivity index (χ1v) is 15.8. The summed E-state index contributed by atoms with van der Waals surface area (Å²) in [6, 6.07) is 10.1. The molecule has 1 amide bonds. The van der Waals surface area contributed by atoms with Gasteiger partial charge in [0, 0.05) is 45.4 Å². The number of fused-ring (bicyclic) bond motifs is 1. The maximum atomic E-state index is 13.7. The van der Waals surface area contributed by atoms with E-state index in [1.807, 2.05) is 89.4 Å². The van der Waals surface area contributed by atoms with Gasteiger partial charge in [0.15, 0.2) is 0 Å². The van der Waals surface area contributed by atoms with Gasteiger partial charge in [-0.3, -0.25) is 9.99 Å². The maximum Gasteiger partial charge on any atom is 0.419 e. The third kappa shape index (κ3) is 7.99. The predicted octanol–water partition coefficient (Wildman–Crippen LogP) is 6.78. The molecule has 2 aromatic heterocycles. The standard InChI is InChI=1S/C32H41IN6O4/c1-31(2,3)42-29(40)37(17-21-8-7-9-21)19-26-14-23-11-10-22(12-28(23)39(26)30(41)43-32(4,5)6)18-38-20-27(35-36-38)24-13-25(33)16-34-15-24/h10-16,20-21,35-36H,7-9,17-19H2,1-6H3. The second-order valence-corrected chi connectivity index (χ2v) is 14.5. The van der Waals surface area contributed by atoms with Gasteiger partial charge in [0.25, 0.3) is 0 Å². The number of nitrogens with zero attached hydrogens (tertiary/aromatic N) is 4. The number of benzene rings is 1. The first-order valence-electron chi connectivity index (χ1n) is 14.7. The van der Waals surface area contributed by atoms with Gasteiger partial charge in [-0.25, -0.2) is 14.2 Å². The van der Waals surface area contributed by atoms with E-state index in [9.17, 15) is 9.59 Å². The molecule has 230 valence electrons. The summed E-state index contributed by atoms with van der Waals surface area (Å²) in [5.41, 5.74) is 9.39. The molecule has 3 heterocycles. The van der Waals surface area contributed by atoms with Crippen molar-refractivity contribution in [2.45, 2.75) is 85.1 Å².